The molecule has 7 heteroatoms. The molecule has 0 saturated heterocycles. The highest BCUT2D eigenvalue weighted by molar-refractivity contribution is 7.89. The molecule has 1 saturated carbocycles. The van der Waals surface area contributed by atoms with Crippen molar-refractivity contribution in [1.82, 2.24) is 9.21 Å². The zero-order valence-electron chi connectivity index (χ0n) is 19.6. The van der Waals surface area contributed by atoms with E-state index in [9.17, 15) is 13.2 Å². The first-order chi connectivity index (χ1) is 15.9. The largest absolute Gasteiger partial charge is 0.488 e. The van der Waals surface area contributed by atoms with Crippen molar-refractivity contribution in [3.8, 4) is 5.75 Å². The van der Waals surface area contributed by atoms with Gasteiger partial charge in [-0.25, -0.2) is 8.42 Å². The first-order valence-corrected chi connectivity index (χ1v) is 13.5. The number of sulfonamides is 1. The number of carbonyl (C=O) groups is 1. The molecule has 33 heavy (non-hydrogen) atoms. The van der Waals surface area contributed by atoms with Crippen molar-refractivity contribution in [2.75, 3.05) is 19.6 Å². The molecule has 0 bridgehead atoms. The van der Waals surface area contributed by atoms with E-state index in [0.717, 1.165) is 37.7 Å². The Bertz CT molecular complexity index is 1090. The number of benzene rings is 2. The molecule has 2 atom stereocenters. The third-order valence-electron chi connectivity index (χ3n) is 6.84. The fourth-order valence-electron chi connectivity index (χ4n) is 5.03. The highest BCUT2D eigenvalue weighted by Gasteiger charge is 2.39. The van der Waals surface area contributed by atoms with Gasteiger partial charge in [0.25, 0.3) is 5.91 Å². The molecule has 0 aromatic heterocycles. The molecular formula is C26H34N2O4S. The predicted octanol–water partition coefficient (Wildman–Crippen LogP) is 4.63. The fraction of sp³-hybridized carbons (Fsp3) is 0.500. The topological polar surface area (TPSA) is 66.9 Å². The summed E-state index contributed by atoms with van der Waals surface area (Å²) in [5, 5.41) is 0. The van der Waals surface area contributed by atoms with Crippen molar-refractivity contribution in [2.24, 2.45) is 0 Å². The van der Waals surface area contributed by atoms with E-state index in [2.05, 4.69) is 0 Å². The lowest BCUT2D eigenvalue weighted by molar-refractivity contribution is 0.0641. The number of ether oxygens (including phenoxy) is 1. The van der Waals surface area contributed by atoms with Gasteiger partial charge in [-0.2, -0.15) is 4.31 Å². The van der Waals surface area contributed by atoms with Gasteiger partial charge in [-0.3, -0.25) is 4.79 Å². The lowest BCUT2D eigenvalue weighted by Gasteiger charge is -2.40. The van der Waals surface area contributed by atoms with Crippen molar-refractivity contribution in [3.63, 3.8) is 0 Å². The van der Waals surface area contributed by atoms with E-state index in [0.29, 0.717) is 42.3 Å². The van der Waals surface area contributed by atoms with E-state index in [-0.39, 0.29) is 18.1 Å². The molecule has 4 rings (SSSR count). The zero-order valence-corrected chi connectivity index (χ0v) is 20.4. The molecule has 178 valence electrons. The number of para-hydroxylation sites is 1. The standard InChI is InChI=1S/C26H34N2O4S/c1-3-27-18-10-11-19-28(33(30,31)25-17-9-4-12-20(25)2)22-14-6-8-16-24(22)32-23-15-7-5-13-21(23)26(27)29/h4-5,7,9,12-13,15,17,22,24H,3,6,8,10-11,14,16,18-19H2,1-2H3/t22-,24+/m1/s1. The summed E-state index contributed by atoms with van der Waals surface area (Å²) in [7, 11) is -3.69. The molecule has 0 unspecified atom stereocenters. The Morgan fingerprint density at radius 2 is 1.64 bits per heavy atom. The number of fused-ring (bicyclic) bond motifs is 2. The van der Waals surface area contributed by atoms with Crippen molar-refractivity contribution in [2.45, 2.75) is 69.4 Å². The minimum absolute atomic E-state index is 0.0228. The van der Waals surface area contributed by atoms with Crippen LogP contribution >= 0.6 is 0 Å². The SMILES string of the molecule is CCN1CCCCN(S(=O)(=O)c2ccccc2C)[C@@H]2CCCC[C@@H]2Oc2ccccc2C1=O. The second kappa shape index (κ2) is 10.3. The van der Waals surface area contributed by atoms with Gasteiger partial charge in [0.2, 0.25) is 10.0 Å². The Labute approximate surface area is 197 Å². The average molecular weight is 471 g/mol. The van der Waals surface area contributed by atoms with Crippen LogP contribution in [-0.2, 0) is 10.0 Å². The molecule has 1 heterocycles. The molecule has 2 aromatic rings. The highest BCUT2D eigenvalue weighted by Crippen LogP contribution is 2.33. The van der Waals surface area contributed by atoms with Gasteiger partial charge in [-0.15, -0.1) is 0 Å². The summed E-state index contributed by atoms with van der Waals surface area (Å²) >= 11 is 0. The smallest absolute Gasteiger partial charge is 0.257 e. The van der Waals surface area contributed by atoms with Crippen LogP contribution in [0.3, 0.4) is 0 Å². The van der Waals surface area contributed by atoms with Crippen molar-refractivity contribution in [1.29, 1.82) is 0 Å². The summed E-state index contributed by atoms with van der Waals surface area (Å²) in [6.07, 6.45) is 4.63. The second-order valence-electron chi connectivity index (χ2n) is 8.98. The van der Waals surface area contributed by atoms with Crippen LogP contribution in [0, 0.1) is 6.92 Å². The Morgan fingerprint density at radius 1 is 0.939 bits per heavy atom. The number of amides is 1. The molecule has 0 spiro atoms. The lowest BCUT2D eigenvalue weighted by Crippen LogP contribution is -2.51. The zero-order chi connectivity index (χ0) is 23.4. The van der Waals surface area contributed by atoms with Crippen molar-refractivity contribution < 1.29 is 17.9 Å². The van der Waals surface area contributed by atoms with E-state index in [1.54, 1.807) is 16.4 Å². The lowest BCUT2D eigenvalue weighted by atomic mass is 9.92. The number of rotatable bonds is 3. The van der Waals surface area contributed by atoms with Crippen LogP contribution in [0.25, 0.3) is 0 Å². The van der Waals surface area contributed by atoms with Crippen LogP contribution in [0.4, 0.5) is 0 Å². The van der Waals surface area contributed by atoms with Gasteiger partial charge in [0.05, 0.1) is 16.5 Å². The summed E-state index contributed by atoms with van der Waals surface area (Å²) in [4.78, 5) is 15.4. The number of carbonyl (C=O) groups excluding carboxylic acids is 1. The summed E-state index contributed by atoms with van der Waals surface area (Å²) in [6, 6.07) is 14.3. The Kier molecular flexibility index (Phi) is 7.39. The highest BCUT2D eigenvalue weighted by atomic mass is 32.2. The van der Waals surface area contributed by atoms with E-state index in [4.69, 9.17) is 4.74 Å². The normalized spacial score (nSPS) is 23.0. The van der Waals surface area contributed by atoms with E-state index < -0.39 is 10.0 Å². The van der Waals surface area contributed by atoms with Crippen molar-refractivity contribution >= 4 is 15.9 Å². The van der Waals surface area contributed by atoms with Crippen LogP contribution in [0.5, 0.6) is 5.75 Å². The maximum absolute atomic E-state index is 13.9. The van der Waals surface area contributed by atoms with Gasteiger partial charge in [0, 0.05) is 19.6 Å². The van der Waals surface area contributed by atoms with Gasteiger partial charge >= 0.3 is 0 Å². The monoisotopic (exact) mass is 470 g/mol. The van der Waals surface area contributed by atoms with Crippen LogP contribution < -0.4 is 4.74 Å². The molecule has 0 radical (unpaired) electrons. The Hall–Kier alpha value is -2.38. The molecule has 2 aliphatic rings. The first kappa shape index (κ1) is 23.8. The first-order valence-electron chi connectivity index (χ1n) is 12.1. The van der Waals surface area contributed by atoms with E-state index in [1.807, 2.05) is 55.1 Å². The fourth-order valence-corrected chi connectivity index (χ4v) is 6.98. The molecule has 6 nitrogen and oxygen atoms in total. The van der Waals surface area contributed by atoms with E-state index in [1.165, 1.54) is 0 Å². The molecule has 0 N–H and O–H groups in total. The minimum atomic E-state index is -3.69. The van der Waals surface area contributed by atoms with Gasteiger partial charge in [0.15, 0.2) is 0 Å². The molecule has 2 aromatic carbocycles. The van der Waals surface area contributed by atoms with Gasteiger partial charge < -0.3 is 9.64 Å². The summed E-state index contributed by atoms with van der Waals surface area (Å²) in [5.41, 5.74) is 1.31. The average Bonchev–Trinajstić information content (AvgIpc) is 2.81. The third-order valence-corrected chi connectivity index (χ3v) is 8.92. The van der Waals surface area contributed by atoms with Gasteiger partial charge in [-0.1, -0.05) is 36.8 Å². The van der Waals surface area contributed by atoms with E-state index >= 15 is 0 Å². The van der Waals surface area contributed by atoms with Gasteiger partial charge in [-0.05, 0) is 69.7 Å². The van der Waals surface area contributed by atoms with Gasteiger partial charge in [0.1, 0.15) is 11.9 Å². The number of nitrogens with zero attached hydrogens (tertiary/aromatic N) is 2. The summed E-state index contributed by atoms with van der Waals surface area (Å²) in [6.45, 7) is 5.44. The van der Waals surface area contributed by atoms with Crippen molar-refractivity contribution in [3.05, 3.63) is 59.7 Å². The van der Waals surface area contributed by atoms with Crippen LogP contribution in [0.15, 0.2) is 53.4 Å². The molecule has 1 fully saturated rings. The molecule has 1 amide bonds. The number of hydrogen-bond acceptors (Lipinski definition) is 4. The third kappa shape index (κ3) is 4.94. The Balaban J connectivity index is 1.76. The van der Waals surface area contributed by atoms with Crippen LogP contribution in [0.1, 0.15) is 61.4 Å². The van der Waals surface area contributed by atoms with Crippen LogP contribution in [0.2, 0.25) is 0 Å². The van der Waals surface area contributed by atoms with Crippen LogP contribution in [-0.4, -0.2) is 55.3 Å². The number of aryl methyl sites for hydroxylation is 1. The number of hydrogen-bond donors (Lipinski definition) is 0. The molecule has 1 aliphatic heterocycles. The molecule has 1 aliphatic carbocycles. The molecular weight excluding hydrogens is 436 g/mol. The maximum atomic E-state index is 13.9. The summed E-state index contributed by atoms with van der Waals surface area (Å²) in [5.74, 6) is 0.525. The second-order valence-corrected chi connectivity index (χ2v) is 10.8. The quantitative estimate of drug-likeness (QED) is 0.656. The predicted molar refractivity (Wildman–Crippen MR) is 129 cm³/mol. The summed E-state index contributed by atoms with van der Waals surface area (Å²) < 4.78 is 36.0. The Morgan fingerprint density at radius 3 is 2.42 bits per heavy atom. The maximum Gasteiger partial charge on any atom is 0.257 e. The minimum Gasteiger partial charge on any atom is -0.488 e.